The molecule has 0 radical (unpaired) electrons. The van der Waals surface area contributed by atoms with Crippen molar-refractivity contribution in [3.8, 4) is 0 Å². The molecule has 30 heavy (non-hydrogen) atoms. The highest BCUT2D eigenvalue weighted by atomic mass is 79.9. The Morgan fingerprint density at radius 2 is 1.47 bits per heavy atom. The lowest BCUT2D eigenvalue weighted by Gasteiger charge is -2.14. The summed E-state index contributed by atoms with van der Waals surface area (Å²) in [5.41, 5.74) is 1.10. The van der Waals surface area contributed by atoms with Crippen molar-refractivity contribution in [3.63, 3.8) is 0 Å². The molecular formula is C21H12BrN3O4S. The molecule has 9 heteroatoms. The van der Waals surface area contributed by atoms with Gasteiger partial charge < -0.3 is 0 Å². The van der Waals surface area contributed by atoms with E-state index in [1.807, 2.05) is 0 Å². The number of benzene rings is 2. The van der Waals surface area contributed by atoms with Crippen LogP contribution in [0.4, 0.5) is 5.69 Å². The van der Waals surface area contributed by atoms with Crippen LogP contribution in [0.2, 0.25) is 0 Å². The number of carbonyl (C=O) groups is 2. The molecule has 0 atom stereocenters. The second-order valence-electron chi connectivity index (χ2n) is 6.65. The second-order valence-corrected chi connectivity index (χ2v) is 9.32. The van der Waals surface area contributed by atoms with Crippen LogP contribution in [0.1, 0.15) is 20.7 Å². The summed E-state index contributed by atoms with van der Waals surface area (Å²) in [4.78, 5) is 30.9. The maximum Gasteiger partial charge on any atom is 0.269 e. The Kier molecular flexibility index (Phi) is 4.12. The number of aromatic nitrogens is 2. The molecule has 2 aromatic heterocycles. The van der Waals surface area contributed by atoms with Gasteiger partial charge in [-0.3, -0.25) is 9.59 Å². The molecule has 0 aliphatic carbocycles. The lowest BCUT2D eigenvalue weighted by Crippen LogP contribution is -2.29. The fourth-order valence-electron chi connectivity index (χ4n) is 3.47. The molecule has 0 spiro atoms. The summed E-state index contributed by atoms with van der Waals surface area (Å²) in [5, 5.41) is 0.462. The predicted octanol–water partition coefficient (Wildman–Crippen LogP) is 3.84. The predicted molar refractivity (Wildman–Crippen MR) is 114 cm³/mol. The molecule has 2 aromatic carbocycles. The number of fused-ring (bicyclic) bond motifs is 2. The minimum atomic E-state index is -3.87. The zero-order chi connectivity index (χ0) is 21.0. The molecule has 4 aromatic rings. The van der Waals surface area contributed by atoms with Crippen LogP contribution < -0.4 is 4.90 Å². The largest absolute Gasteiger partial charge is 0.269 e. The van der Waals surface area contributed by atoms with Gasteiger partial charge in [-0.05, 0) is 46.3 Å². The summed E-state index contributed by atoms with van der Waals surface area (Å²) >= 11 is 3.37. The average Bonchev–Trinajstić information content (AvgIpc) is 3.23. The number of pyridine rings is 1. The third-order valence-electron chi connectivity index (χ3n) is 4.90. The van der Waals surface area contributed by atoms with E-state index in [4.69, 9.17) is 0 Å². The summed E-state index contributed by atoms with van der Waals surface area (Å²) in [6.07, 6.45) is 2.74. The first kappa shape index (κ1) is 18.7. The number of imide groups is 1. The van der Waals surface area contributed by atoms with Gasteiger partial charge in [-0.25, -0.2) is 22.3 Å². The summed E-state index contributed by atoms with van der Waals surface area (Å²) in [6, 6.07) is 16.2. The normalized spacial score (nSPS) is 13.8. The third kappa shape index (κ3) is 2.62. The quantitative estimate of drug-likeness (QED) is 0.414. The SMILES string of the molecule is O=C1c2ccccc2C(=O)N1c1cnc2c(c1)c(Br)cn2S(=O)(=O)c1ccccc1. The number of hydrogen-bond acceptors (Lipinski definition) is 5. The van der Waals surface area contributed by atoms with Crippen molar-refractivity contribution in [2.24, 2.45) is 0 Å². The molecule has 0 saturated heterocycles. The number of anilines is 1. The van der Waals surface area contributed by atoms with Gasteiger partial charge in [-0.15, -0.1) is 0 Å². The highest BCUT2D eigenvalue weighted by Gasteiger charge is 2.37. The van der Waals surface area contributed by atoms with E-state index in [0.29, 0.717) is 21.0 Å². The second kappa shape index (κ2) is 6.61. The molecule has 0 unspecified atom stereocenters. The molecule has 2 amide bonds. The van der Waals surface area contributed by atoms with Gasteiger partial charge in [-0.2, -0.15) is 0 Å². The molecular weight excluding hydrogens is 470 g/mol. The number of carbonyl (C=O) groups excluding carboxylic acids is 2. The molecule has 3 heterocycles. The van der Waals surface area contributed by atoms with Gasteiger partial charge in [0.05, 0.1) is 27.9 Å². The first-order valence-electron chi connectivity index (χ1n) is 8.84. The van der Waals surface area contributed by atoms with Crippen LogP contribution >= 0.6 is 15.9 Å². The summed E-state index contributed by atoms with van der Waals surface area (Å²) < 4.78 is 27.6. The van der Waals surface area contributed by atoms with Gasteiger partial charge in [0.1, 0.15) is 0 Å². The van der Waals surface area contributed by atoms with Crippen LogP contribution in [0.3, 0.4) is 0 Å². The van der Waals surface area contributed by atoms with Gasteiger partial charge in [0, 0.05) is 16.1 Å². The van der Waals surface area contributed by atoms with Gasteiger partial charge >= 0.3 is 0 Å². The number of nitrogens with zero attached hydrogens (tertiary/aromatic N) is 3. The van der Waals surface area contributed by atoms with Crippen molar-refractivity contribution < 1.29 is 18.0 Å². The number of rotatable bonds is 3. The van der Waals surface area contributed by atoms with E-state index in [9.17, 15) is 18.0 Å². The van der Waals surface area contributed by atoms with Gasteiger partial charge in [0.15, 0.2) is 5.65 Å². The van der Waals surface area contributed by atoms with Gasteiger partial charge in [0.2, 0.25) is 0 Å². The van der Waals surface area contributed by atoms with Gasteiger partial charge in [-0.1, -0.05) is 30.3 Å². The highest BCUT2D eigenvalue weighted by Crippen LogP contribution is 2.34. The number of amides is 2. The highest BCUT2D eigenvalue weighted by molar-refractivity contribution is 9.10. The fourth-order valence-corrected chi connectivity index (χ4v) is 5.44. The number of halogens is 1. The zero-order valence-electron chi connectivity index (χ0n) is 15.2. The molecule has 0 N–H and O–H groups in total. The van der Waals surface area contributed by atoms with Crippen LogP contribution in [0.15, 0.2) is 82.4 Å². The fraction of sp³-hybridized carbons (Fsp3) is 0. The van der Waals surface area contributed by atoms with E-state index in [-0.39, 0.29) is 16.2 Å². The molecule has 1 aliphatic heterocycles. The summed E-state index contributed by atoms with van der Waals surface area (Å²) in [6.45, 7) is 0. The third-order valence-corrected chi connectivity index (χ3v) is 7.20. The minimum absolute atomic E-state index is 0.126. The van der Waals surface area contributed by atoms with E-state index in [1.165, 1.54) is 24.5 Å². The Hall–Kier alpha value is -3.30. The smallest absolute Gasteiger partial charge is 0.268 e. The van der Waals surface area contributed by atoms with E-state index in [0.717, 1.165) is 8.87 Å². The van der Waals surface area contributed by atoms with Crippen molar-refractivity contribution in [2.75, 3.05) is 4.90 Å². The summed E-state index contributed by atoms with van der Waals surface area (Å²) in [5.74, 6) is -0.881. The van der Waals surface area contributed by atoms with E-state index in [1.54, 1.807) is 48.5 Å². The molecule has 0 fully saturated rings. The van der Waals surface area contributed by atoms with Crippen LogP contribution in [-0.2, 0) is 10.0 Å². The van der Waals surface area contributed by atoms with Crippen molar-refractivity contribution in [1.82, 2.24) is 8.96 Å². The molecule has 148 valence electrons. The van der Waals surface area contributed by atoms with E-state index >= 15 is 0 Å². The van der Waals surface area contributed by atoms with Gasteiger partial charge in [0.25, 0.3) is 21.8 Å². The molecule has 0 bridgehead atoms. The Morgan fingerprint density at radius 3 is 2.10 bits per heavy atom. The topological polar surface area (TPSA) is 89.3 Å². The maximum absolute atomic E-state index is 13.0. The van der Waals surface area contributed by atoms with Crippen molar-refractivity contribution in [3.05, 3.63) is 88.7 Å². The Labute approximate surface area is 179 Å². The molecule has 5 rings (SSSR count). The molecule has 0 saturated carbocycles. The van der Waals surface area contributed by atoms with Crippen LogP contribution in [0.5, 0.6) is 0 Å². The number of hydrogen-bond donors (Lipinski definition) is 0. The van der Waals surface area contributed by atoms with Crippen LogP contribution in [-0.4, -0.2) is 29.2 Å². The Balaban J connectivity index is 1.64. The standard InChI is InChI=1S/C21H12BrN3O4S/c22-18-12-24(30(28,29)14-6-2-1-3-7-14)19-17(18)10-13(11-23-19)25-20(26)15-8-4-5-9-16(15)21(25)27/h1-12H. The lowest BCUT2D eigenvalue weighted by molar-refractivity contribution is 0.0926. The Morgan fingerprint density at radius 1 is 0.867 bits per heavy atom. The molecule has 1 aliphatic rings. The average molecular weight is 482 g/mol. The van der Waals surface area contributed by atoms with Crippen molar-refractivity contribution in [2.45, 2.75) is 4.90 Å². The monoisotopic (exact) mass is 481 g/mol. The molecule has 7 nitrogen and oxygen atoms in total. The Bertz CT molecular complexity index is 1430. The van der Waals surface area contributed by atoms with Crippen LogP contribution in [0, 0.1) is 0 Å². The van der Waals surface area contributed by atoms with E-state index < -0.39 is 21.8 Å². The van der Waals surface area contributed by atoms with Crippen LogP contribution in [0.25, 0.3) is 11.0 Å². The zero-order valence-corrected chi connectivity index (χ0v) is 17.6. The minimum Gasteiger partial charge on any atom is -0.268 e. The van der Waals surface area contributed by atoms with Crippen molar-refractivity contribution >= 4 is 54.5 Å². The first-order valence-corrected chi connectivity index (χ1v) is 11.1. The first-order chi connectivity index (χ1) is 14.4. The maximum atomic E-state index is 13.0. The van der Waals surface area contributed by atoms with Crippen molar-refractivity contribution in [1.29, 1.82) is 0 Å². The summed E-state index contributed by atoms with van der Waals surface area (Å²) in [7, 11) is -3.87. The van der Waals surface area contributed by atoms with E-state index in [2.05, 4.69) is 20.9 Å². The lowest BCUT2D eigenvalue weighted by atomic mass is 10.1.